The standard InChI is InChI=1S/C10H10BrN3O/c1-15-10-12-6-14(7-13-10)9-4-2-8(11)3-5-9/h2-6H,7H2,1H3. The average molecular weight is 268 g/mol. The predicted octanol–water partition coefficient (Wildman–Crippen LogP) is 2.26. The SMILES string of the molecule is COC1=NCN(c2ccc(Br)cc2)C=N1. The van der Waals surface area contributed by atoms with Gasteiger partial charge in [-0.05, 0) is 24.3 Å². The third kappa shape index (κ3) is 2.36. The third-order valence-electron chi connectivity index (χ3n) is 2.01. The Morgan fingerprint density at radius 2 is 2.07 bits per heavy atom. The van der Waals surface area contributed by atoms with E-state index in [1.54, 1.807) is 13.4 Å². The van der Waals surface area contributed by atoms with Crippen LogP contribution in [0.1, 0.15) is 0 Å². The van der Waals surface area contributed by atoms with Crippen molar-refractivity contribution in [1.82, 2.24) is 0 Å². The fourth-order valence-corrected chi connectivity index (χ4v) is 1.50. The molecule has 0 aliphatic carbocycles. The summed E-state index contributed by atoms with van der Waals surface area (Å²) < 4.78 is 5.97. The van der Waals surface area contributed by atoms with Gasteiger partial charge in [0, 0.05) is 10.2 Å². The van der Waals surface area contributed by atoms with Crippen molar-refractivity contribution in [3.05, 3.63) is 28.7 Å². The van der Waals surface area contributed by atoms with Crippen molar-refractivity contribution < 1.29 is 4.74 Å². The molecule has 0 unspecified atom stereocenters. The highest BCUT2D eigenvalue weighted by Crippen LogP contribution is 2.18. The highest BCUT2D eigenvalue weighted by Gasteiger charge is 2.08. The monoisotopic (exact) mass is 267 g/mol. The minimum absolute atomic E-state index is 0.420. The van der Waals surface area contributed by atoms with Crippen LogP contribution in [-0.4, -0.2) is 26.1 Å². The summed E-state index contributed by atoms with van der Waals surface area (Å²) in [5.74, 6) is 0. The largest absolute Gasteiger partial charge is 0.467 e. The number of rotatable bonds is 1. The number of ether oxygens (including phenoxy) is 1. The Kier molecular flexibility index (Phi) is 3.01. The number of hydrogen-bond acceptors (Lipinski definition) is 4. The van der Waals surface area contributed by atoms with Crippen molar-refractivity contribution in [2.45, 2.75) is 0 Å². The molecule has 0 aromatic heterocycles. The van der Waals surface area contributed by atoms with E-state index in [2.05, 4.69) is 25.9 Å². The van der Waals surface area contributed by atoms with Crippen LogP contribution in [0.2, 0.25) is 0 Å². The molecule has 0 spiro atoms. The first-order valence-corrected chi connectivity index (χ1v) is 5.24. The molecule has 0 bridgehead atoms. The highest BCUT2D eigenvalue weighted by molar-refractivity contribution is 9.10. The van der Waals surface area contributed by atoms with Crippen molar-refractivity contribution in [3.8, 4) is 0 Å². The normalized spacial score (nSPS) is 15.1. The Balaban J connectivity index is 2.12. The first-order chi connectivity index (χ1) is 7.29. The summed E-state index contributed by atoms with van der Waals surface area (Å²) in [6, 6.07) is 8.40. The number of aliphatic imine (C=N–C) groups is 2. The van der Waals surface area contributed by atoms with Crippen molar-refractivity contribution in [2.75, 3.05) is 18.7 Å². The Bertz CT molecular complexity index is 400. The molecule has 1 aliphatic heterocycles. The average Bonchev–Trinajstić information content (AvgIpc) is 2.30. The zero-order valence-corrected chi connectivity index (χ0v) is 9.81. The van der Waals surface area contributed by atoms with E-state index in [9.17, 15) is 0 Å². The number of nitrogens with zero attached hydrogens (tertiary/aromatic N) is 3. The lowest BCUT2D eigenvalue weighted by molar-refractivity contribution is 0.394. The number of amidine groups is 1. The zero-order valence-electron chi connectivity index (χ0n) is 8.22. The maximum absolute atomic E-state index is 4.91. The first-order valence-electron chi connectivity index (χ1n) is 4.44. The molecule has 0 saturated heterocycles. The van der Waals surface area contributed by atoms with Gasteiger partial charge in [-0.1, -0.05) is 15.9 Å². The van der Waals surface area contributed by atoms with E-state index in [-0.39, 0.29) is 0 Å². The first kappa shape index (κ1) is 10.2. The summed E-state index contributed by atoms with van der Waals surface area (Å²) in [4.78, 5) is 10.1. The van der Waals surface area contributed by atoms with Gasteiger partial charge in [-0.15, -0.1) is 0 Å². The minimum Gasteiger partial charge on any atom is -0.467 e. The number of benzene rings is 1. The van der Waals surface area contributed by atoms with Crippen LogP contribution in [0.15, 0.2) is 38.7 Å². The Hall–Kier alpha value is -1.36. The Labute approximate surface area is 96.4 Å². The van der Waals surface area contributed by atoms with Crippen molar-refractivity contribution in [1.29, 1.82) is 0 Å². The molecule has 5 heteroatoms. The van der Waals surface area contributed by atoms with Gasteiger partial charge < -0.3 is 9.64 Å². The lowest BCUT2D eigenvalue weighted by Gasteiger charge is -2.20. The van der Waals surface area contributed by atoms with Crippen LogP contribution >= 0.6 is 15.9 Å². The van der Waals surface area contributed by atoms with Gasteiger partial charge in [0.2, 0.25) is 0 Å². The van der Waals surface area contributed by atoms with Crippen molar-refractivity contribution in [2.24, 2.45) is 9.98 Å². The fourth-order valence-electron chi connectivity index (χ4n) is 1.23. The van der Waals surface area contributed by atoms with E-state index in [0.717, 1.165) is 10.2 Å². The molecule has 0 atom stereocenters. The summed E-state index contributed by atoms with van der Waals surface area (Å²) >= 11 is 3.39. The minimum atomic E-state index is 0.420. The maximum Gasteiger partial charge on any atom is 0.314 e. The molecule has 1 aromatic carbocycles. The summed E-state index contributed by atoms with van der Waals surface area (Å²) in [5, 5.41) is 0. The van der Waals surface area contributed by atoms with Gasteiger partial charge in [0.05, 0.1) is 7.11 Å². The van der Waals surface area contributed by atoms with Crippen LogP contribution in [0.4, 0.5) is 5.69 Å². The molecule has 0 fully saturated rings. The number of hydrogen-bond donors (Lipinski definition) is 0. The topological polar surface area (TPSA) is 37.2 Å². The predicted molar refractivity (Wildman–Crippen MR) is 64.4 cm³/mol. The van der Waals surface area contributed by atoms with E-state index >= 15 is 0 Å². The van der Waals surface area contributed by atoms with E-state index in [1.165, 1.54) is 0 Å². The molecular weight excluding hydrogens is 258 g/mol. The summed E-state index contributed by atoms with van der Waals surface area (Å²) in [6.07, 6.45) is 1.72. The lowest BCUT2D eigenvalue weighted by atomic mass is 10.3. The molecule has 0 radical (unpaired) electrons. The second kappa shape index (κ2) is 4.44. The van der Waals surface area contributed by atoms with Gasteiger partial charge in [0.25, 0.3) is 0 Å². The van der Waals surface area contributed by atoms with Gasteiger partial charge in [-0.25, -0.2) is 4.99 Å². The van der Waals surface area contributed by atoms with E-state index in [1.807, 2.05) is 29.2 Å². The highest BCUT2D eigenvalue weighted by atomic mass is 79.9. The lowest BCUT2D eigenvalue weighted by Crippen LogP contribution is -2.26. The molecule has 1 aliphatic rings. The van der Waals surface area contributed by atoms with Gasteiger partial charge in [0.15, 0.2) is 0 Å². The van der Waals surface area contributed by atoms with Crippen molar-refractivity contribution >= 4 is 34.0 Å². The molecule has 4 nitrogen and oxygen atoms in total. The second-order valence-electron chi connectivity index (χ2n) is 2.98. The van der Waals surface area contributed by atoms with Crippen LogP contribution in [-0.2, 0) is 4.74 Å². The fraction of sp³-hybridized carbons (Fsp3) is 0.200. The molecule has 1 heterocycles. The van der Waals surface area contributed by atoms with Crippen LogP contribution in [0.5, 0.6) is 0 Å². The van der Waals surface area contributed by atoms with E-state index < -0.39 is 0 Å². The van der Waals surface area contributed by atoms with Gasteiger partial charge in [-0.3, -0.25) is 0 Å². The molecule has 0 saturated carbocycles. The van der Waals surface area contributed by atoms with Gasteiger partial charge in [0.1, 0.15) is 13.0 Å². The Morgan fingerprint density at radius 3 is 2.60 bits per heavy atom. The van der Waals surface area contributed by atoms with Gasteiger partial charge in [-0.2, -0.15) is 4.99 Å². The summed E-state index contributed by atoms with van der Waals surface area (Å²) in [5.41, 5.74) is 1.06. The summed E-state index contributed by atoms with van der Waals surface area (Å²) in [7, 11) is 1.56. The van der Waals surface area contributed by atoms with Gasteiger partial charge >= 0.3 is 6.02 Å². The molecular formula is C10H10BrN3O. The molecule has 1 aromatic rings. The molecule has 2 rings (SSSR count). The molecule has 0 amide bonds. The molecule has 0 N–H and O–H groups in total. The van der Waals surface area contributed by atoms with E-state index in [0.29, 0.717) is 12.7 Å². The van der Waals surface area contributed by atoms with Crippen LogP contribution < -0.4 is 4.90 Å². The van der Waals surface area contributed by atoms with Crippen molar-refractivity contribution in [3.63, 3.8) is 0 Å². The molecule has 15 heavy (non-hydrogen) atoms. The number of anilines is 1. The van der Waals surface area contributed by atoms with Crippen LogP contribution in [0.25, 0.3) is 0 Å². The quantitative estimate of drug-likeness (QED) is 0.783. The smallest absolute Gasteiger partial charge is 0.314 e. The number of halogens is 1. The third-order valence-corrected chi connectivity index (χ3v) is 2.54. The molecule has 78 valence electrons. The maximum atomic E-state index is 4.91. The van der Waals surface area contributed by atoms with Crippen LogP contribution in [0.3, 0.4) is 0 Å². The van der Waals surface area contributed by atoms with Crippen LogP contribution in [0, 0.1) is 0 Å². The van der Waals surface area contributed by atoms with E-state index in [4.69, 9.17) is 4.74 Å². The zero-order chi connectivity index (χ0) is 10.7. The number of methoxy groups -OCH3 is 1. The summed E-state index contributed by atoms with van der Waals surface area (Å²) in [6.45, 7) is 0.536. The Morgan fingerprint density at radius 1 is 1.33 bits per heavy atom. The second-order valence-corrected chi connectivity index (χ2v) is 3.89.